The zero-order valence-electron chi connectivity index (χ0n) is 5.35. The van der Waals surface area contributed by atoms with Crippen molar-refractivity contribution in [2.24, 2.45) is 5.73 Å². The van der Waals surface area contributed by atoms with Crippen molar-refractivity contribution in [3.8, 4) is 0 Å². The van der Waals surface area contributed by atoms with Crippen LogP contribution in [0.15, 0.2) is 0 Å². The first-order chi connectivity index (χ1) is 3.80. The molecule has 1 fully saturated rings. The van der Waals surface area contributed by atoms with Gasteiger partial charge in [-0.15, -0.1) is 12.4 Å². The molecule has 0 aromatic carbocycles. The minimum Gasteiger partial charge on any atom is -0.325 e. The molecule has 0 aromatic rings. The average Bonchev–Trinajstić information content (AvgIpc) is 1.77. The molecule has 0 bridgehead atoms. The molecule has 1 nitrogen and oxygen atoms in total. The number of rotatable bonds is 0. The molecule has 0 radical (unpaired) electrons. The predicted molar refractivity (Wildman–Crippen MR) is 38.6 cm³/mol. The second-order valence-electron chi connectivity index (χ2n) is 2.46. The largest absolute Gasteiger partial charge is 0.325 e. The second-order valence-corrected chi connectivity index (χ2v) is 2.46. The van der Waals surface area contributed by atoms with E-state index in [2.05, 4.69) is 0 Å². The van der Waals surface area contributed by atoms with Crippen LogP contribution in [0.2, 0.25) is 0 Å². The van der Waals surface area contributed by atoms with Crippen molar-refractivity contribution in [1.29, 1.82) is 0 Å². The standard InChI is InChI=1S/C6H12FN.ClH/c7-5-3-1-2-4-6(5)8;/h5-6H,1-4,8H2;1H. The van der Waals surface area contributed by atoms with Gasteiger partial charge in [-0.05, 0) is 12.8 Å². The van der Waals surface area contributed by atoms with Crippen LogP contribution in [0.5, 0.6) is 0 Å². The third kappa shape index (κ3) is 2.50. The molecule has 1 rings (SSSR count). The maximum Gasteiger partial charge on any atom is 0.115 e. The molecule has 2 N–H and O–H groups in total. The molecule has 0 heterocycles. The first kappa shape index (κ1) is 9.18. The Morgan fingerprint density at radius 1 is 1.22 bits per heavy atom. The normalized spacial score (nSPS) is 35.3. The molecule has 0 spiro atoms. The lowest BCUT2D eigenvalue weighted by Crippen LogP contribution is -2.34. The molecule has 2 unspecified atom stereocenters. The van der Waals surface area contributed by atoms with Crippen LogP contribution in [0.3, 0.4) is 0 Å². The van der Waals surface area contributed by atoms with Crippen LogP contribution in [0.25, 0.3) is 0 Å². The number of nitrogens with two attached hydrogens (primary N) is 1. The Morgan fingerprint density at radius 3 is 2.11 bits per heavy atom. The van der Waals surface area contributed by atoms with Gasteiger partial charge < -0.3 is 5.73 Å². The minimum atomic E-state index is -0.719. The zero-order chi connectivity index (χ0) is 5.98. The molecular formula is C6H13ClFN. The second kappa shape index (κ2) is 4.07. The predicted octanol–water partition coefficient (Wildman–Crippen LogP) is 1.65. The fraction of sp³-hybridized carbons (Fsp3) is 1.00. The van der Waals surface area contributed by atoms with Gasteiger partial charge in [0.2, 0.25) is 0 Å². The highest BCUT2D eigenvalue weighted by molar-refractivity contribution is 5.85. The van der Waals surface area contributed by atoms with Crippen LogP contribution < -0.4 is 5.73 Å². The first-order valence-corrected chi connectivity index (χ1v) is 3.20. The molecule has 1 aliphatic carbocycles. The van der Waals surface area contributed by atoms with Gasteiger partial charge in [0.1, 0.15) is 6.17 Å². The van der Waals surface area contributed by atoms with Crippen molar-refractivity contribution in [2.45, 2.75) is 37.9 Å². The van der Waals surface area contributed by atoms with Gasteiger partial charge in [-0.1, -0.05) is 12.8 Å². The van der Waals surface area contributed by atoms with Crippen LogP contribution in [0, 0.1) is 0 Å². The average molecular weight is 154 g/mol. The highest BCUT2D eigenvalue weighted by Gasteiger charge is 2.19. The fourth-order valence-corrected chi connectivity index (χ4v) is 1.11. The summed E-state index contributed by atoms with van der Waals surface area (Å²) in [6, 6.07) is -0.163. The molecule has 0 saturated heterocycles. The lowest BCUT2D eigenvalue weighted by Gasteiger charge is -2.21. The number of hydrogen-bond acceptors (Lipinski definition) is 1. The van der Waals surface area contributed by atoms with E-state index in [-0.39, 0.29) is 18.4 Å². The first-order valence-electron chi connectivity index (χ1n) is 3.20. The Kier molecular flexibility index (Phi) is 4.15. The highest BCUT2D eigenvalue weighted by Crippen LogP contribution is 2.18. The molecular weight excluding hydrogens is 141 g/mol. The van der Waals surface area contributed by atoms with Crippen molar-refractivity contribution >= 4 is 12.4 Å². The molecule has 2 atom stereocenters. The van der Waals surface area contributed by atoms with Gasteiger partial charge in [0.15, 0.2) is 0 Å². The molecule has 3 heteroatoms. The Hall–Kier alpha value is 0.180. The third-order valence-electron chi connectivity index (χ3n) is 1.73. The van der Waals surface area contributed by atoms with Gasteiger partial charge in [-0.3, -0.25) is 0 Å². The maximum absolute atomic E-state index is 12.5. The van der Waals surface area contributed by atoms with Crippen molar-refractivity contribution in [3.05, 3.63) is 0 Å². The molecule has 1 saturated carbocycles. The van der Waals surface area contributed by atoms with E-state index in [1.165, 1.54) is 0 Å². The molecule has 1 aliphatic rings. The van der Waals surface area contributed by atoms with Gasteiger partial charge in [0.25, 0.3) is 0 Å². The molecule has 0 amide bonds. The number of alkyl halides is 1. The fourth-order valence-electron chi connectivity index (χ4n) is 1.11. The quantitative estimate of drug-likeness (QED) is 0.563. The van der Waals surface area contributed by atoms with Crippen LogP contribution in [0.4, 0.5) is 4.39 Å². The van der Waals surface area contributed by atoms with E-state index < -0.39 is 6.17 Å². The lowest BCUT2D eigenvalue weighted by atomic mass is 9.95. The summed E-state index contributed by atoms with van der Waals surface area (Å²) in [6.45, 7) is 0. The van der Waals surface area contributed by atoms with Crippen molar-refractivity contribution in [3.63, 3.8) is 0 Å². The number of halogens is 2. The summed E-state index contributed by atoms with van der Waals surface area (Å²) >= 11 is 0. The third-order valence-corrected chi connectivity index (χ3v) is 1.73. The molecule has 0 aromatic heterocycles. The highest BCUT2D eigenvalue weighted by atomic mass is 35.5. The van der Waals surface area contributed by atoms with Crippen molar-refractivity contribution < 1.29 is 4.39 Å². The molecule has 0 aliphatic heterocycles. The van der Waals surface area contributed by atoms with E-state index in [1.54, 1.807) is 0 Å². The Balaban J connectivity index is 0.000000640. The zero-order valence-corrected chi connectivity index (χ0v) is 6.16. The van der Waals surface area contributed by atoms with E-state index in [1.807, 2.05) is 0 Å². The summed E-state index contributed by atoms with van der Waals surface area (Å²) in [6.07, 6.45) is 2.97. The van der Waals surface area contributed by atoms with Gasteiger partial charge in [-0.2, -0.15) is 0 Å². The smallest absolute Gasteiger partial charge is 0.115 e. The monoisotopic (exact) mass is 153 g/mol. The van der Waals surface area contributed by atoms with E-state index >= 15 is 0 Å². The van der Waals surface area contributed by atoms with E-state index in [0.29, 0.717) is 6.42 Å². The summed E-state index contributed by atoms with van der Waals surface area (Å²) in [4.78, 5) is 0. The van der Waals surface area contributed by atoms with Gasteiger partial charge in [-0.25, -0.2) is 4.39 Å². The van der Waals surface area contributed by atoms with Crippen LogP contribution >= 0.6 is 12.4 Å². The number of hydrogen-bond donors (Lipinski definition) is 1. The summed E-state index contributed by atoms with van der Waals surface area (Å²) in [5.41, 5.74) is 5.40. The summed E-state index contributed by atoms with van der Waals surface area (Å²) in [5.74, 6) is 0. The van der Waals surface area contributed by atoms with E-state index in [9.17, 15) is 4.39 Å². The van der Waals surface area contributed by atoms with Gasteiger partial charge >= 0.3 is 0 Å². The van der Waals surface area contributed by atoms with E-state index in [0.717, 1.165) is 19.3 Å². The maximum atomic E-state index is 12.5. The SMILES string of the molecule is Cl.NC1CCCCC1F. The lowest BCUT2D eigenvalue weighted by molar-refractivity contribution is 0.218. The van der Waals surface area contributed by atoms with Crippen molar-refractivity contribution in [2.75, 3.05) is 0 Å². The summed E-state index contributed by atoms with van der Waals surface area (Å²) < 4.78 is 12.5. The van der Waals surface area contributed by atoms with Crippen LogP contribution in [-0.4, -0.2) is 12.2 Å². The Labute approximate surface area is 61.2 Å². The van der Waals surface area contributed by atoms with Gasteiger partial charge in [0.05, 0.1) is 0 Å². The Morgan fingerprint density at radius 2 is 1.78 bits per heavy atom. The minimum absolute atomic E-state index is 0. The topological polar surface area (TPSA) is 26.0 Å². The Bertz CT molecular complexity index is 69.5. The summed E-state index contributed by atoms with van der Waals surface area (Å²) in [5, 5.41) is 0. The molecule has 9 heavy (non-hydrogen) atoms. The van der Waals surface area contributed by atoms with Crippen LogP contribution in [-0.2, 0) is 0 Å². The van der Waals surface area contributed by atoms with Gasteiger partial charge in [0, 0.05) is 6.04 Å². The van der Waals surface area contributed by atoms with Crippen molar-refractivity contribution in [1.82, 2.24) is 0 Å². The van der Waals surface area contributed by atoms with Crippen LogP contribution in [0.1, 0.15) is 25.7 Å². The molecule has 56 valence electrons. The summed E-state index contributed by atoms with van der Waals surface area (Å²) in [7, 11) is 0. The van der Waals surface area contributed by atoms with E-state index in [4.69, 9.17) is 5.73 Å².